The van der Waals surface area contributed by atoms with Gasteiger partial charge in [-0.3, -0.25) is 9.36 Å². The Labute approximate surface area is 266 Å². The van der Waals surface area contributed by atoms with Gasteiger partial charge in [0.15, 0.2) is 11.4 Å². The number of carbonyl (C=O) groups excluding carboxylic acids is 2. The van der Waals surface area contributed by atoms with Gasteiger partial charge in [0.25, 0.3) is 5.56 Å². The van der Waals surface area contributed by atoms with Crippen LogP contribution in [0.15, 0.2) is 53.6 Å². The summed E-state index contributed by atoms with van der Waals surface area (Å²) in [6.45, 7) is 7.37. The molecule has 13 heteroatoms. The molecule has 4 aromatic rings. The van der Waals surface area contributed by atoms with Gasteiger partial charge in [0, 0.05) is 25.3 Å². The minimum absolute atomic E-state index is 0.264. The number of nitrogens with one attached hydrogen (secondary N) is 1. The summed E-state index contributed by atoms with van der Waals surface area (Å²) in [5.41, 5.74) is 1.11. The molecule has 3 aromatic heterocycles. The Balaban J connectivity index is 1.57. The number of methoxy groups -OCH3 is 3. The van der Waals surface area contributed by atoms with Crippen molar-refractivity contribution in [3.63, 3.8) is 0 Å². The molecule has 242 valence electrons. The Morgan fingerprint density at radius 2 is 1.80 bits per heavy atom. The Bertz CT molecular complexity index is 1870. The van der Waals surface area contributed by atoms with E-state index < -0.39 is 23.3 Å². The molecule has 1 atom stereocenters. The van der Waals surface area contributed by atoms with Crippen molar-refractivity contribution in [1.29, 1.82) is 0 Å². The van der Waals surface area contributed by atoms with E-state index in [1.165, 1.54) is 29.8 Å². The lowest BCUT2D eigenvalue weighted by molar-refractivity contribution is -0.166. The van der Waals surface area contributed by atoms with Crippen LogP contribution in [0.5, 0.6) is 5.75 Å². The predicted octanol–water partition coefficient (Wildman–Crippen LogP) is 5.01. The number of nitrogens with zero attached hydrogens (tertiary/aromatic N) is 5. The topological polar surface area (TPSA) is 149 Å². The summed E-state index contributed by atoms with van der Waals surface area (Å²) in [4.78, 5) is 48.7. The Morgan fingerprint density at radius 3 is 2.41 bits per heavy atom. The first-order valence-corrected chi connectivity index (χ1v) is 14.8. The zero-order valence-electron chi connectivity index (χ0n) is 27.0. The molecular weight excluding hydrogens is 592 g/mol. The third-order valence-corrected chi connectivity index (χ3v) is 7.76. The van der Waals surface area contributed by atoms with Crippen LogP contribution in [0.4, 0.5) is 16.4 Å². The minimum atomic E-state index is -1.10. The molecule has 46 heavy (non-hydrogen) atoms. The van der Waals surface area contributed by atoms with E-state index >= 15 is 0 Å². The number of anilines is 2. The smallest absolute Gasteiger partial charge is 0.435 e. The van der Waals surface area contributed by atoms with Gasteiger partial charge in [-0.25, -0.2) is 19.6 Å². The second-order valence-corrected chi connectivity index (χ2v) is 12.1. The lowest BCUT2D eigenvalue weighted by atomic mass is 9.84. The summed E-state index contributed by atoms with van der Waals surface area (Å²) in [5.74, 6) is 0.934. The average Bonchev–Trinajstić information content (AvgIpc) is 3.41. The maximum atomic E-state index is 13.9. The molecule has 0 saturated heterocycles. The number of ether oxygens (including phenoxy) is 4. The van der Waals surface area contributed by atoms with Crippen LogP contribution in [0.1, 0.15) is 57.0 Å². The fourth-order valence-corrected chi connectivity index (χ4v) is 5.34. The van der Waals surface area contributed by atoms with Crippen LogP contribution >= 0.6 is 0 Å². The highest BCUT2D eigenvalue weighted by molar-refractivity contribution is 5.92. The molecule has 0 radical (unpaired) electrons. The standard InChI is InChI=1S/C33H38N6O7/c1-20-16-26(37-39(20)31(42)46-32(2,3)4)35-25-17-24-28(27(36-25)22-12-14-33(45-7,15-13-22)30(41)44-6)34-19-38(29(24)40)18-21-8-10-23(43-5)11-9-21/h8-12,16-17,19H,13-15,18H2,1-7H3,(H,35,36,37). The van der Waals surface area contributed by atoms with Crippen LogP contribution in [0.2, 0.25) is 0 Å². The number of aryl methyl sites for hydroxylation is 1. The third-order valence-electron chi connectivity index (χ3n) is 7.76. The monoisotopic (exact) mass is 630 g/mol. The summed E-state index contributed by atoms with van der Waals surface area (Å²) in [6.07, 6.45) is 3.82. The number of rotatable bonds is 8. The summed E-state index contributed by atoms with van der Waals surface area (Å²) in [6, 6.07) is 10.8. The minimum Gasteiger partial charge on any atom is -0.497 e. The highest BCUT2D eigenvalue weighted by Gasteiger charge is 2.41. The van der Waals surface area contributed by atoms with Crippen molar-refractivity contribution in [2.45, 2.75) is 64.7 Å². The van der Waals surface area contributed by atoms with Crippen LogP contribution in [-0.2, 0) is 25.5 Å². The molecule has 5 rings (SSSR count). The number of aromatic nitrogens is 5. The second-order valence-electron chi connectivity index (χ2n) is 12.1. The molecule has 1 aromatic carbocycles. The lowest BCUT2D eigenvalue weighted by Gasteiger charge is -2.32. The van der Waals surface area contributed by atoms with E-state index in [0.717, 1.165) is 11.1 Å². The predicted molar refractivity (Wildman–Crippen MR) is 171 cm³/mol. The van der Waals surface area contributed by atoms with Gasteiger partial charge in [0.05, 0.1) is 38.2 Å². The van der Waals surface area contributed by atoms with E-state index in [-0.39, 0.29) is 12.0 Å². The Hall–Kier alpha value is -5.04. The highest BCUT2D eigenvalue weighted by Crippen LogP contribution is 2.37. The van der Waals surface area contributed by atoms with Crippen molar-refractivity contribution in [1.82, 2.24) is 24.3 Å². The van der Waals surface area contributed by atoms with E-state index in [0.29, 0.717) is 59.1 Å². The van der Waals surface area contributed by atoms with Gasteiger partial charge < -0.3 is 24.3 Å². The molecule has 13 nitrogen and oxygen atoms in total. The molecule has 3 heterocycles. The largest absolute Gasteiger partial charge is 0.497 e. The van der Waals surface area contributed by atoms with E-state index in [9.17, 15) is 14.4 Å². The number of fused-ring (bicyclic) bond motifs is 1. The summed E-state index contributed by atoms with van der Waals surface area (Å²) >= 11 is 0. The normalized spacial score (nSPS) is 16.5. The summed E-state index contributed by atoms with van der Waals surface area (Å²) in [7, 11) is 4.41. The molecule has 1 unspecified atom stereocenters. The fourth-order valence-electron chi connectivity index (χ4n) is 5.34. The van der Waals surface area contributed by atoms with Crippen LogP contribution in [-0.4, -0.2) is 68.9 Å². The number of hydrogen-bond donors (Lipinski definition) is 1. The van der Waals surface area contributed by atoms with Gasteiger partial charge >= 0.3 is 12.1 Å². The zero-order chi connectivity index (χ0) is 33.2. The van der Waals surface area contributed by atoms with Crippen LogP contribution in [0, 0.1) is 6.92 Å². The van der Waals surface area contributed by atoms with E-state index in [1.807, 2.05) is 30.3 Å². The van der Waals surface area contributed by atoms with Gasteiger partial charge in [-0.05, 0) is 69.9 Å². The van der Waals surface area contributed by atoms with Crippen molar-refractivity contribution in [3.8, 4) is 5.75 Å². The zero-order valence-corrected chi connectivity index (χ0v) is 27.0. The SMILES string of the molecule is COC(=O)C1(OC)CC=C(c2nc(Nc3cc(C)n(C(=O)OC(C)(C)C)n3)cc3c(=O)n(Cc4ccc(OC)cc4)cnc23)CC1. The van der Waals surface area contributed by atoms with Crippen LogP contribution < -0.4 is 15.6 Å². The van der Waals surface area contributed by atoms with Crippen LogP contribution in [0.3, 0.4) is 0 Å². The summed E-state index contributed by atoms with van der Waals surface area (Å²) in [5, 5.41) is 7.87. The van der Waals surface area contributed by atoms with Crippen molar-refractivity contribution in [3.05, 3.63) is 76.1 Å². The van der Waals surface area contributed by atoms with Gasteiger partial charge in [0.2, 0.25) is 0 Å². The molecule has 0 aliphatic heterocycles. The number of benzene rings is 1. The van der Waals surface area contributed by atoms with Crippen molar-refractivity contribution in [2.75, 3.05) is 26.6 Å². The molecule has 1 aliphatic carbocycles. The third kappa shape index (κ3) is 6.64. The maximum absolute atomic E-state index is 13.9. The number of hydrogen-bond acceptors (Lipinski definition) is 11. The molecule has 1 aliphatic rings. The van der Waals surface area contributed by atoms with Gasteiger partial charge in [-0.15, -0.1) is 5.10 Å². The van der Waals surface area contributed by atoms with E-state index in [2.05, 4.69) is 15.4 Å². The number of pyridine rings is 1. The molecular formula is C33H38N6O7. The number of carbonyl (C=O) groups is 2. The maximum Gasteiger partial charge on any atom is 0.435 e. The lowest BCUT2D eigenvalue weighted by Crippen LogP contribution is -2.42. The molecule has 1 N–H and O–H groups in total. The first-order chi connectivity index (χ1) is 21.9. The molecule has 0 spiro atoms. The van der Waals surface area contributed by atoms with Gasteiger partial charge in [-0.1, -0.05) is 18.2 Å². The summed E-state index contributed by atoms with van der Waals surface area (Å²) < 4.78 is 24.0. The Morgan fingerprint density at radius 1 is 1.07 bits per heavy atom. The molecule has 0 fully saturated rings. The van der Waals surface area contributed by atoms with E-state index in [4.69, 9.17) is 23.9 Å². The molecule has 0 saturated carbocycles. The first-order valence-electron chi connectivity index (χ1n) is 14.8. The quantitative estimate of drug-likeness (QED) is 0.262. The highest BCUT2D eigenvalue weighted by atomic mass is 16.6. The number of allylic oxidation sites excluding steroid dienone is 1. The number of esters is 1. The van der Waals surface area contributed by atoms with Crippen molar-refractivity contribution in [2.24, 2.45) is 0 Å². The van der Waals surface area contributed by atoms with E-state index in [1.54, 1.807) is 46.9 Å². The second kappa shape index (κ2) is 12.8. The van der Waals surface area contributed by atoms with Gasteiger partial charge in [0.1, 0.15) is 22.7 Å². The van der Waals surface area contributed by atoms with Crippen molar-refractivity contribution >= 4 is 40.2 Å². The van der Waals surface area contributed by atoms with Gasteiger partial charge in [-0.2, -0.15) is 4.68 Å². The average molecular weight is 631 g/mol. The molecule has 0 bridgehead atoms. The first kappa shape index (κ1) is 32.4. The van der Waals surface area contributed by atoms with Crippen molar-refractivity contribution < 1.29 is 28.5 Å². The van der Waals surface area contributed by atoms with Crippen LogP contribution in [0.25, 0.3) is 16.5 Å². The Kier molecular flexibility index (Phi) is 8.97. The molecule has 0 amide bonds. The fraction of sp³-hybridized carbons (Fsp3) is 0.394.